The number of hydrogen-bond acceptors (Lipinski definition) is 5. The Hall–Kier alpha value is -2.37. The smallest absolute Gasteiger partial charge is 0.333 e. The number of ether oxygens (including phenoxy) is 2. The highest BCUT2D eigenvalue weighted by Gasteiger charge is 2.05. The van der Waals surface area contributed by atoms with Gasteiger partial charge in [-0.15, -0.1) is 0 Å². The van der Waals surface area contributed by atoms with Gasteiger partial charge in [-0.3, -0.25) is 10.1 Å². The lowest BCUT2D eigenvalue weighted by Gasteiger charge is -1.98. The van der Waals surface area contributed by atoms with Crippen molar-refractivity contribution in [1.82, 2.24) is 0 Å². The second kappa shape index (κ2) is 5.50. The average Bonchev–Trinajstić information content (AvgIpc) is 2.29. The number of methoxy groups -OCH3 is 1. The molecule has 0 bridgehead atoms. The molecule has 0 amide bonds. The van der Waals surface area contributed by atoms with Gasteiger partial charge in [0.15, 0.2) is 0 Å². The zero-order valence-electron chi connectivity index (χ0n) is 8.45. The number of hydrogen-bond donors (Lipinski definition) is 0. The molecule has 0 fully saturated rings. The quantitative estimate of drug-likeness (QED) is 0.255. The van der Waals surface area contributed by atoms with Crippen LogP contribution in [0.25, 0.3) is 0 Å². The van der Waals surface area contributed by atoms with Crippen LogP contribution in [-0.2, 0) is 9.53 Å². The molecule has 6 heteroatoms. The van der Waals surface area contributed by atoms with E-state index in [4.69, 9.17) is 4.74 Å². The molecular formula is C10H9NO5. The maximum absolute atomic E-state index is 10.7. The highest BCUT2D eigenvalue weighted by molar-refractivity contribution is 5.81. The lowest BCUT2D eigenvalue weighted by molar-refractivity contribution is -0.384. The topological polar surface area (TPSA) is 78.7 Å². The molecule has 0 saturated carbocycles. The molecule has 0 aliphatic rings. The van der Waals surface area contributed by atoms with Crippen molar-refractivity contribution in [3.63, 3.8) is 0 Å². The van der Waals surface area contributed by atoms with Crippen molar-refractivity contribution in [3.05, 3.63) is 46.7 Å². The summed E-state index contributed by atoms with van der Waals surface area (Å²) in [5, 5.41) is 10.4. The summed E-state index contributed by atoms with van der Waals surface area (Å²) in [6, 6.07) is 5.62. The van der Waals surface area contributed by atoms with Crippen molar-refractivity contribution < 1.29 is 19.2 Å². The van der Waals surface area contributed by atoms with Crippen molar-refractivity contribution >= 4 is 11.7 Å². The minimum Gasteiger partial charge on any atom is -0.466 e. The predicted molar refractivity (Wildman–Crippen MR) is 54.9 cm³/mol. The Kier molecular flexibility index (Phi) is 4.02. The highest BCUT2D eigenvalue weighted by Crippen LogP contribution is 2.19. The number of esters is 1. The van der Waals surface area contributed by atoms with Gasteiger partial charge in [0.1, 0.15) is 5.75 Å². The van der Waals surface area contributed by atoms with Crippen LogP contribution in [0.1, 0.15) is 0 Å². The summed E-state index contributed by atoms with van der Waals surface area (Å²) in [7, 11) is 1.24. The number of carbonyl (C=O) groups is 1. The van der Waals surface area contributed by atoms with Crippen LogP contribution >= 0.6 is 0 Å². The fourth-order valence-electron chi connectivity index (χ4n) is 0.907. The second-order valence-corrected chi connectivity index (χ2v) is 2.70. The van der Waals surface area contributed by atoms with E-state index in [9.17, 15) is 14.9 Å². The monoisotopic (exact) mass is 223 g/mol. The van der Waals surface area contributed by atoms with E-state index in [2.05, 4.69) is 4.74 Å². The molecule has 0 N–H and O–H groups in total. The predicted octanol–water partition coefficient (Wildman–Crippen LogP) is 1.66. The van der Waals surface area contributed by atoms with Crippen LogP contribution in [0.15, 0.2) is 36.6 Å². The molecule has 6 nitrogen and oxygen atoms in total. The first-order valence-corrected chi connectivity index (χ1v) is 4.29. The summed E-state index contributed by atoms with van der Waals surface area (Å²) in [6.45, 7) is 0. The Morgan fingerprint density at radius 3 is 2.88 bits per heavy atom. The van der Waals surface area contributed by atoms with Gasteiger partial charge in [0, 0.05) is 6.07 Å². The van der Waals surface area contributed by atoms with Crippen LogP contribution in [0, 0.1) is 10.1 Å². The molecule has 0 spiro atoms. The van der Waals surface area contributed by atoms with Gasteiger partial charge >= 0.3 is 5.97 Å². The van der Waals surface area contributed by atoms with E-state index in [1.807, 2.05) is 0 Å². The maximum atomic E-state index is 10.7. The summed E-state index contributed by atoms with van der Waals surface area (Å²) in [4.78, 5) is 20.6. The molecule has 0 saturated heterocycles. The van der Waals surface area contributed by atoms with Crippen LogP contribution in [0.4, 0.5) is 5.69 Å². The Balaban J connectivity index is 2.67. The third-order valence-corrected chi connectivity index (χ3v) is 1.64. The number of carbonyl (C=O) groups excluding carboxylic acids is 1. The molecule has 0 aliphatic carbocycles. The standard InChI is InChI=1S/C10H9NO5/c1-15-10(12)5-6-16-9-4-2-3-8(7-9)11(13)14/h2-7H,1H3. The Morgan fingerprint density at radius 2 is 2.25 bits per heavy atom. The minimum atomic E-state index is -0.564. The first-order valence-electron chi connectivity index (χ1n) is 4.29. The molecule has 1 aromatic carbocycles. The van der Waals surface area contributed by atoms with Gasteiger partial charge in [-0.2, -0.15) is 0 Å². The number of nitro benzene ring substituents is 1. The molecule has 0 unspecified atom stereocenters. The van der Waals surface area contributed by atoms with Crippen molar-refractivity contribution in [3.8, 4) is 5.75 Å². The molecule has 0 radical (unpaired) electrons. The molecule has 0 aliphatic heterocycles. The second-order valence-electron chi connectivity index (χ2n) is 2.70. The number of nitro groups is 1. The van der Waals surface area contributed by atoms with Crippen LogP contribution in [0.3, 0.4) is 0 Å². The number of benzene rings is 1. The van der Waals surface area contributed by atoms with Crippen molar-refractivity contribution in [2.24, 2.45) is 0 Å². The van der Waals surface area contributed by atoms with Crippen LogP contribution in [0.2, 0.25) is 0 Å². The fourth-order valence-corrected chi connectivity index (χ4v) is 0.907. The zero-order chi connectivity index (χ0) is 12.0. The third kappa shape index (κ3) is 3.41. The highest BCUT2D eigenvalue weighted by atomic mass is 16.6. The first-order chi connectivity index (χ1) is 7.63. The van der Waals surface area contributed by atoms with Gasteiger partial charge < -0.3 is 9.47 Å². The maximum Gasteiger partial charge on any atom is 0.333 e. The number of non-ortho nitro benzene ring substituents is 1. The largest absolute Gasteiger partial charge is 0.466 e. The van der Waals surface area contributed by atoms with Crippen LogP contribution < -0.4 is 4.74 Å². The van der Waals surface area contributed by atoms with E-state index in [1.165, 1.54) is 31.4 Å². The Labute approximate surface area is 91.2 Å². The van der Waals surface area contributed by atoms with E-state index < -0.39 is 10.9 Å². The van der Waals surface area contributed by atoms with E-state index in [0.717, 1.165) is 12.3 Å². The minimum absolute atomic E-state index is 0.0797. The van der Waals surface area contributed by atoms with E-state index >= 15 is 0 Å². The van der Waals surface area contributed by atoms with Gasteiger partial charge in [-0.25, -0.2) is 4.79 Å². The van der Waals surface area contributed by atoms with E-state index in [-0.39, 0.29) is 11.4 Å². The van der Waals surface area contributed by atoms with Crippen molar-refractivity contribution in [1.29, 1.82) is 0 Å². The average molecular weight is 223 g/mol. The van der Waals surface area contributed by atoms with Gasteiger partial charge in [-0.05, 0) is 6.07 Å². The Bertz CT molecular complexity index is 427. The first kappa shape index (κ1) is 11.7. The van der Waals surface area contributed by atoms with Gasteiger partial charge in [0.05, 0.1) is 30.4 Å². The van der Waals surface area contributed by atoms with Gasteiger partial charge in [0.2, 0.25) is 0 Å². The summed E-state index contributed by atoms with van der Waals surface area (Å²) in [5.41, 5.74) is -0.0797. The molecule has 84 valence electrons. The Morgan fingerprint density at radius 1 is 1.50 bits per heavy atom. The van der Waals surface area contributed by atoms with Crippen LogP contribution in [0.5, 0.6) is 5.75 Å². The molecule has 0 heterocycles. The number of nitrogens with zero attached hydrogens (tertiary/aromatic N) is 1. The lowest BCUT2D eigenvalue weighted by Crippen LogP contribution is -1.95. The molecule has 1 rings (SSSR count). The van der Waals surface area contributed by atoms with Gasteiger partial charge in [-0.1, -0.05) is 6.07 Å². The van der Waals surface area contributed by atoms with Crippen molar-refractivity contribution in [2.45, 2.75) is 0 Å². The SMILES string of the molecule is COC(=O)C=COc1cccc([N+](=O)[O-])c1. The molecule has 0 aromatic heterocycles. The van der Waals surface area contributed by atoms with Gasteiger partial charge in [0.25, 0.3) is 5.69 Å². The van der Waals surface area contributed by atoms with E-state index in [0.29, 0.717) is 0 Å². The molecule has 16 heavy (non-hydrogen) atoms. The third-order valence-electron chi connectivity index (χ3n) is 1.64. The van der Waals surface area contributed by atoms with Crippen molar-refractivity contribution in [2.75, 3.05) is 7.11 Å². The summed E-state index contributed by atoms with van der Waals surface area (Å²) < 4.78 is 9.32. The zero-order valence-corrected chi connectivity index (χ0v) is 8.45. The summed E-state index contributed by atoms with van der Waals surface area (Å²) in [5.74, 6) is -0.292. The summed E-state index contributed by atoms with van der Waals surface area (Å²) in [6.07, 6.45) is 2.17. The van der Waals surface area contributed by atoms with Crippen LogP contribution in [-0.4, -0.2) is 18.0 Å². The lowest BCUT2D eigenvalue weighted by atomic mass is 10.3. The number of rotatable bonds is 4. The molecular weight excluding hydrogens is 214 g/mol. The normalized spacial score (nSPS) is 10.1. The summed E-state index contributed by atoms with van der Waals surface area (Å²) >= 11 is 0. The molecule has 0 atom stereocenters. The molecule has 1 aromatic rings. The fraction of sp³-hybridized carbons (Fsp3) is 0.100. The van der Waals surface area contributed by atoms with E-state index in [1.54, 1.807) is 0 Å².